The van der Waals surface area contributed by atoms with Gasteiger partial charge in [-0.05, 0) is 0 Å². The maximum Gasteiger partial charge on any atom is 0.217 e. The molecule has 2 fully saturated rings. The SMILES string of the molecule is CC(=O)N[C@H]1[C@H](O[C@@H]2[C@H](O)[C@@H](NC(C)=O)C(O)O[C@@H]2CO)O[C@H](CO)[C@@H](O)[C@@H]1O. The van der Waals surface area contributed by atoms with Crippen molar-refractivity contribution in [3.8, 4) is 0 Å². The molecule has 0 aromatic carbocycles. The van der Waals surface area contributed by atoms with Crippen LogP contribution in [-0.2, 0) is 23.8 Å². The molecule has 2 heterocycles. The predicted octanol–water partition coefficient (Wildman–Crippen LogP) is -5.11. The van der Waals surface area contributed by atoms with Crippen LogP contribution in [0.1, 0.15) is 13.8 Å². The number of ether oxygens (including phenoxy) is 3. The third kappa shape index (κ3) is 5.39. The van der Waals surface area contributed by atoms with Crippen LogP contribution in [0.15, 0.2) is 0 Å². The van der Waals surface area contributed by atoms with Gasteiger partial charge in [0, 0.05) is 13.8 Å². The quantitative estimate of drug-likeness (QED) is 0.202. The Morgan fingerprint density at radius 2 is 1.38 bits per heavy atom. The van der Waals surface area contributed by atoms with Crippen molar-refractivity contribution in [2.75, 3.05) is 13.2 Å². The summed E-state index contributed by atoms with van der Waals surface area (Å²) in [5.41, 5.74) is 0. The van der Waals surface area contributed by atoms with E-state index < -0.39 is 86.3 Å². The number of hydrogen-bond acceptors (Lipinski definition) is 11. The van der Waals surface area contributed by atoms with Gasteiger partial charge in [0.15, 0.2) is 12.6 Å². The molecule has 2 rings (SSSR count). The molecule has 10 atom stereocenters. The van der Waals surface area contributed by atoms with Crippen molar-refractivity contribution in [1.82, 2.24) is 10.6 Å². The van der Waals surface area contributed by atoms with Crippen LogP contribution in [0, 0.1) is 0 Å². The average molecular weight is 424 g/mol. The van der Waals surface area contributed by atoms with Crippen LogP contribution < -0.4 is 10.6 Å². The van der Waals surface area contributed by atoms with Gasteiger partial charge in [-0.1, -0.05) is 0 Å². The zero-order valence-corrected chi connectivity index (χ0v) is 15.9. The second-order valence-corrected chi connectivity index (χ2v) is 7.00. The monoisotopic (exact) mass is 424 g/mol. The molecule has 2 aliphatic rings. The Hall–Kier alpha value is -1.42. The van der Waals surface area contributed by atoms with Crippen LogP contribution in [0.2, 0.25) is 0 Å². The Balaban J connectivity index is 2.26. The number of rotatable bonds is 6. The summed E-state index contributed by atoms with van der Waals surface area (Å²) in [7, 11) is 0. The molecule has 2 amide bonds. The Morgan fingerprint density at radius 1 is 0.828 bits per heavy atom. The molecule has 0 spiro atoms. The molecular formula is C16H28N2O11. The fourth-order valence-corrected chi connectivity index (χ4v) is 3.38. The highest BCUT2D eigenvalue weighted by molar-refractivity contribution is 5.73. The number of amides is 2. The van der Waals surface area contributed by atoms with Gasteiger partial charge in [0.05, 0.1) is 13.2 Å². The summed E-state index contributed by atoms with van der Waals surface area (Å²) in [5, 5.41) is 64.5. The zero-order valence-electron chi connectivity index (χ0n) is 15.9. The lowest BCUT2D eigenvalue weighted by Crippen LogP contribution is -2.69. The molecule has 0 aliphatic carbocycles. The van der Waals surface area contributed by atoms with Crippen LogP contribution in [0.4, 0.5) is 0 Å². The fraction of sp³-hybridized carbons (Fsp3) is 0.875. The molecular weight excluding hydrogens is 396 g/mol. The minimum Gasteiger partial charge on any atom is -0.394 e. The Morgan fingerprint density at radius 3 is 1.90 bits per heavy atom. The molecule has 0 aromatic heterocycles. The van der Waals surface area contributed by atoms with E-state index in [0.717, 1.165) is 13.8 Å². The van der Waals surface area contributed by atoms with Gasteiger partial charge in [-0.3, -0.25) is 9.59 Å². The molecule has 1 unspecified atom stereocenters. The topological polar surface area (TPSA) is 207 Å². The van der Waals surface area contributed by atoms with Crippen molar-refractivity contribution >= 4 is 11.8 Å². The molecule has 8 N–H and O–H groups in total. The molecule has 0 aromatic rings. The zero-order chi connectivity index (χ0) is 21.9. The van der Waals surface area contributed by atoms with E-state index in [2.05, 4.69) is 10.6 Å². The van der Waals surface area contributed by atoms with Gasteiger partial charge in [-0.25, -0.2) is 0 Å². The molecule has 29 heavy (non-hydrogen) atoms. The number of hydrogen-bond donors (Lipinski definition) is 8. The van der Waals surface area contributed by atoms with E-state index in [4.69, 9.17) is 14.2 Å². The van der Waals surface area contributed by atoms with Crippen molar-refractivity contribution in [1.29, 1.82) is 0 Å². The van der Waals surface area contributed by atoms with Gasteiger partial charge in [-0.15, -0.1) is 0 Å². The van der Waals surface area contributed by atoms with Gasteiger partial charge in [0.2, 0.25) is 11.8 Å². The van der Waals surface area contributed by atoms with Gasteiger partial charge in [-0.2, -0.15) is 0 Å². The standard InChI is InChI=1S/C16H28N2O11/c1-5(21)17-9-13(25)14(8(4-20)27-15(9)26)29-16-10(18-6(2)22)12(24)11(23)7(3-19)28-16/h7-16,19-20,23-26H,3-4H2,1-2H3,(H,17,21)(H,18,22)/t7-,8-,9-,10-,11-,12-,13-,14+,15?,16+/m1/s1. The third-order valence-corrected chi connectivity index (χ3v) is 4.78. The van der Waals surface area contributed by atoms with Crippen molar-refractivity contribution in [3.63, 3.8) is 0 Å². The summed E-state index contributed by atoms with van der Waals surface area (Å²) in [4.78, 5) is 22.8. The second kappa shape index (κ2) is 10.1. The summed E-state index contributed by atoms with van der Waals surface area (Å²) in [6, 6.07) is -2.59. The van der Waals surface area contributed by atoms with Crippen LogP contribution in [0.25, 0.3) is 0 Å². The van der Waals surface area contributed by atoms with Crippen molar-refractivity contribution in [2.24, 2.45) is 0 Å². The van der Waals surface area contributed by atoms with Crippen LogP contribution in [0.5, 0.6) is 0 Å². The van der Waals surface area contributed by atoms with Crippen molar-refractivity contribution in [2.45, 2.75) is 75.1 Å². The number of aliphatic hydroxyl groups is 6. The number of carbonyl (C=O) groups excluding carboxylic acids is 2. The average Bonchev–Trinajstić information content (AvgIpc) is 2.65. The number of aliphatic hydroxyl groups excluding tert-OH is 6. The summed E-state index contributed by atoms with van der Waals surface area (Å²) in [5.74, 6) is -1.14. The largest absolute Gasteiger partial charge is 0.394 e. The van der Waals surface area contributed by atoms with E-state index in [1.54, 1.807) is 0 Å². The van der Waals surface area contributed by atoms with Crippen molar-refractivity contribution in [3.05, 3.63) is 0 Å². The smallest absolute Gasteiger partial charge is 0.217 e. The maximum absolute atomic E-state index is 11.5. The van der Waals surface area contributed by atoms with Gasteiger partial charge < -0.3 is 55.5 Å². The van der Waals surface area contributed by atoms with Crippen molar-refractivity contribution < 1.29 is 54.4 Å². The lowest BCUT2D eigenvalue weighted by Gasteiger charge is -2.47. The summed E-state index contributed by atoms with van der Waals surface area (Å²) in [6.45, 7) is 0.962. The Labute approximate surface area is 166 Å². The van der Waals surface area contributed by atoms with Gasteiger partial charge in [0.1, 0.15) is 48.7 Å². The lowest BCUT2D eigenvalue weighted by molar-refractivity contribution is -0.327. The van der Waals surface area contributed by atoms with E-state index in [-0.39, 0.29) is 0 Å². The molecule has 2 saturated heterocycles. The van der Waals surface area contributed by atoms with Gasteiger partial charge >= 0.3 is 0 Å². The number of carbonyl (C=O) groups is 2. The molecule has 13 heteroatoms. The Bertz CT molecular complexity index is 579. The van der Waals surface area contributed by atoms with E-state index >= 15 is 0 Å². The van der Waals surface area contributed by atoms with E-state index in [1.165, 1.54) is 0 Å². The lowest BCUT2D eigenvalue weighted by atomic mass is 9.94. The van der Waals surface area contributed by atoms with E-state index in [0.29, 0.717) is 0 Å². The summed E-state index contributed by atoms with van der Waals surface area (Å²) < 4.78 is 16.3. The predicted molar refractivity (Wildman–Crippen MR) is 91.8 cm³/mol. The summed E-state index contributed by atoms with van der Waals surface area (Å²) >= 11 is 0. The van der Waals surface area contributed by atoms with Crippen LogP contribution >= 0.6 is 0 Å². The van der Waals surface area contributed by atoms with Gasteiger partial charge in [0.25, 0.3) is 0 Å². The molecule has 0 saturated carbocycles. The highest BCUT2D eigenvalue weighted by Gasteiger charge is 2.51. The molecule has 13 nitrogen and oxygen atoms in total. The fourth-order valence-electron chi connectivity index (χ4n) is 3.38. The second-order valence-electron chi connectivity index (χ2n) is 7.00. The normalized spacial score (nSPS) is 42.9. The van der Waals surface area contributed by atoms with Crippen LogP contribution in [0.3, 0.4) is 0 Å². The maximum atomic E-state index is 11.5. The summed E-state index contributed by atoms with van der Waals surface area (Å²) in [6.07, 6.45) is -11.7. The van der Waals surface area contributed by atoms with E-state index in [9.17, 15) is 40.2 Å². The first-order valence-electron chi connectivity index (χ1n) is 9.05. The van der Waals surface area contributed by atoms with Crippen LogP contribution in [-0.4, -0.2) is 117 Å². The first kappa shape index (κ1) is 23.9. The third-order valence-electron chi connectivity index (χ3n) is 4.78. The highest BCUT2D eigenvalue weighted by Crippen LogP contribution is 2.28. The number of nitrogens with one attached hydrogen (secondary N) is 2. The Kier molecular flexibility index (Phi) is 8.28. The molecule has 0 radical (unpaired) electrons. The first-order chi connectivity index (χ1) is 13.6. The first-order valence-corrected chi connectivity index (χ1v) is 9.05. The molecule has 168 valence electrons. The molecule has 2 aliphatic heterocycles. The minimum absolute atomic E-state index is 0.568. The highest BCUT2D eigenvalue weighted by atomic mass is 16.7. The van der Waals surface area contributed by atoms with E-state index in [1.807, 2.05) is 0 Å². The molecule has 0 bridgehead atoms. The minimum atomic E-state index is -1.64.